The molecule has 0 bridgehead atoms. The molecule has 1 amide bonds. The van der Waals surface area contributed by atoms with Gasteiger partial charge in [0.15, 0.2) is 0 Å². The minimum Gasteiger partial charge on any atom is -0.368 e. The van der Waals surface area contributed by atoms with Gasteiger partial charge in [0.25, 0.3) is 5.91 Å². The zero-order valence-electron chi connectivity index (χ0n) is 13.8. The molecule has 0 aliphatic rings. The fourth-order valence-electron chi connectivity index (χ4n) is 2.20. The van der Waals surface area contributed by atoms with Crippen LogP contribution in [0.2, 0.25) is 0 Å². The van der Waals surface area contributed by atoms with E-state index in [0.717, 1.165) is 32.4 Å². The average molecular weight is 312 g/mol. The van der Waals surface area contributed by atoms with E-state index in [1.807, 2.05) is 18.2 Å². The van der Waals surface area contributed by atoms with Crippen LogP contribution in [0.15, 0.2) is 42.7 Å². The SMILES string of the molecule is CCCCN(C)C(=O)c1cnc(NCCc2ccccc2)cn1. The number of anilines is 1. The van der Waals surface area contributed by atoms with Crippen molar-refractivity contribution in [2.24, 2.45) is 0 Å². The predicted molar refractivity (Wildman–Crippen MR) is 92.5 cm³/mol. The Morgan fingerprint density at radius 1 is 1.17 bits per heavy atom. The van der Waals surface area contributed by atoms with E-state index in [0.29, 0.717) is 11.5 Å². The van der Waals surface area contributed by atoms with Gasteiger partial charge in [-0.15, -0.1) is 0 Å². The molecule has 0 saturated carbocycles. The Morgan fingerprint density at radius 3 is 2.61 bits per heavy atom. The van der Waals surface area contributed by atoms with Crippen molar-refractivity contribution in [1.29, 1.82) is 0 Å². The van der Waals surface area contributed by atoms with Crippen LogP contribution in [0.25, 0.3) is 0 Å². The highest BCUT2D eigenvalue weighted by molar-refractivity contribution is 5.91. The molecule has 1 aromatic heterocycles. The fourth-order valence-corrected chi connectivity index (χ4v) is 2.20. The topological polar surface area (TPSA) is 58.1 Å². The number of nitrogens with one attached hydrogen (secondary N) is 1. The van der Waals surface area contributed by atoms with Crippen molar-refractivity contribution in [1.82, 2.24) is 14.9 Å². The molecule has 1 N–H and O–H groups in total. The van der Waals surface area contributed by atoms with Gasteiger partial charge in [-0.3, -0.25) is 4.79 Å². The van der Waals surface area contributed by atoms with Crippen LogP contribution in [0.4, 0.5) is 5.82 Å². The molecule has 0 unspecified atom stereocenters. The maximum Gasteiger partial charge on any atom is 0.273 e. The van der Waals surface area contributed by atoms with Crippen LogP contribution in [0, 0.1) is 0 Å². The van der Waals surface area contributed by atoms with Crippen molar-refractivity contribution < 1.29 is 4.79 Å². The molecule has 5 heteroatoms. The molecule has 1 aromatic carbocycles. The Labute approximate surface area is 137 Å². The Hall–Kier alpha value is -2.43. The lowest BCUT2D eigenvalue weighted by Gasteiger charge is -2.16. The monoisotopic (exact) mass is 312 g/mol. The van der Waals surface area contributed by atoms with Gasteiger partial charge in [0.2, 0.25) is 0 Å². The highest BCUT2D eigenvalue weighted by atomic mass is 16.2. The van der Waals surface area contributed by atoms with E-state index in [-0.39, 0.29) is 5.91 Å². The molecule has 23 heavy (non-hydrogen) atoms. The van der Waals surface area contributed by atoms with Gasteiger partial charge in [-0.05, 0) is 18.4 Å². The largest absolute Gasteiger partial charge is 0.368 e. The van der Waals surface area contributed by atoms with Gasteiger partial charge >= 0.3 is 0 Å². The van der Waals surface area contributed by atoms with E-state index < -0.39 is 0 Å². The zero-order valence-corrected chi connectivity index (χ0v) is 13.8. The van der Waals surface area contributed by atoms with Crippen LogP contribution in [-0.4, -0.2) is 40.9 Å². The number of aromatic nitrogens is 2. The van der Waals surface area contributed by atoms with Crippen molar-refractivity contribution >= 4 is 11.7 Å². The third-order valence-corrected chi connectivity index (χ3v) is 3.63. The summed E-state index contributed by atoms with van der Waals surface area (Å²) in [5.41, 5.74) is 1.66. The highest BCUT2D eigenvalue weighted by Gasteiger charge is 2.12. The Balaban J connectivity index is 1.83. The first-order valence-electron chi connectivity index (χ1n) is 8.06. The number of rotatable bonds is 8. The molecule has 0 fully saturated rings. The fraction of sp³-hybridized carbons (Fsp3) is 0.389. The average Bonchev–Trinajstić information content (AvgIpc) is 2.60. The van der Waals surface area contributed by atoms with Crippen LogP contribution in [0.5, 0.6) is 0 Å². The number of hydrogen-bond donors (Lipinski definition) is 1. The minimum atomic E-state index is -0.0817. The molecule has 5 nitrogen and oxygen atoms in total. The number of nitrogens with zero attached hydrogens (tertiary/aromatic N) is 3. The summed E-state index contributed by atoms with van der Waals surface area (Å²) in [6.45, 7) is 3.63. The van der Waals surface area contributed by atoms with E-state index in [9.17, 15) is 4.79 Å². The minimum absolute atomic E-state index is 0.0817. The number of carbonyl (C=O) groups is 1. The van der Waals surface area contributed by atoms with Crippen molar-refractivity contribution in [2.45, 2.75) is 26.2 Å². The molecule has 0 radical (unpaired) electrons. The van der Waals surface area contributed by atoms with Gasteiger partial charge in [0.05, 0.1) is 12.4 Å². The zero-order chi connectivity index (χ0) is 16.5. The molecule has 0 aliphatic heterocycles. The van der Waals surface area contributed by atoms with E-state index in [4.69, 9.17) is 0 Å². The van der Waals surface area contributed by atoms with Crippen LogP contribution in [-0.2, 0) is 6.42 Å². The summed E-state index contributed by atoms with van der Waals surface area (Å²) in [5, 5.41) is 3.22. The van der Waals surface area contributed by atoms with Gasteiger partial charge in [-0.1, -0.05) is 43.7 Å². The lowest BCUT2D eigenvalue weighted by atomic mass is 10.1. The maximum absolute atomic E-state index is 12.2. The van der Waals surface area contributed by atoms with E-state index in [1.54, 1.807) is 18.1 Å². The van der Waals surface area contributed by atoms with Crippen LogP contribution < -0.4 is 5.32 Å². The van der Waals surface area contributed by atoms with Crippen LogP contribution in [0.3, 0.4) is 0 Å². The molecule has 2 aromatic rings. The first-order chi connectivity index (χ1) is 11.2. The maximum atomic E-state index is 12.2. The third-order valence-electron chi connectivity index (χ3n) is 3.63. The van der Waals surface area contributed by atoms with Crippen LogP contribution in [0.1, 0.15) is 35.8 Å². The van der Waals surface area contributed by atoms with Crippen LogP contribution >= 0.6 is 0 Å². The number of benzene rings is 1. The highest BCUT2D eigenvalue weighted by Crippen LogP contribution is 2.06. The van der Waals surface area contributed by atoms with Crippen molar-refractivity contribution in [3.8, 4) is 0 Å². The second-order valence-electron chi connectivity index (χ2n) is 5.53. The molecule has 2 rings (SSSR count). The molecule has 0 saturated heterocycles. The van der Waals surface area contributed by atoms with Gasteiger partial charge in [-0.2, -0.15) is 0 Å². The third kappa shape index (κ3) is 5.36. The van der Waals surface area contributed by atoms with Gasteiger partial charge in [0.1, 0.15) is 11.5 Å². The lowest BCUT2D eigenvalue weighted by Crippen LogP contribution is -2.28. The van der Waals surface area contributed by atoms with Crippen molar-refractivity contribution in [3.05, 3.63) is 54.0 Å². The number of carbonyl (C=O) groups excluding carboxylic acids is 1. The van der Waals surface area contributed by atoms with E-state index in [2.05, 4.69) is 34.3 Å². The summed E-state index contributed by atoms with van der Waals surface area (Å²) in [6.07, 6.45) is 6.13. The molecule has 0 aliphatic carbocycles. The molecule has 0 spiro atoms. The van der Waals surface area contributed by atoms with Gasteiger partial charge in [0, 0.05) is 20.1 Å². The number of unbranched alkanes of at least 4 members (excludes halogenated alkanes) is 1. The summed E-state index contributed by atoms with van der Waals surface area (Å²) in [6, 6.07) is 10.3. The summed E-state index contributed by atoms with van der Waals surface area (Å²) in [4.78, 5) is 22.3. The molecule has 0 atom stereocenters. The lowest BCUT2D eigenvalue weighted by molar-refractivity contribution is 0.0787. The Kier molecular flexibility index (Phi) is 6.54. The quantitative estimate of drug-likeness (QED) is 0.814. The predicted octanol–water partition coefficient (Wildman–Crippen LogP) is 3.00. The first kappa shape index (κ1) is 16.9. The summed E-state index contributed by atoms with van der Waals surface area (Å²) in [7, 11) is 1.80. The number of amides is 1. The molecule has 1 heterocycles. The normalized spacial score (nSPS) is 10.3. The molecule has 122 valence electrons. The van der Waals surface area contributed by atoms with Gasteiger partial charge < -0.3 is 10.2 Å². The standard InChI is InChI=1S/C18H24N4O/c1-3-4-12-22(2)18(23)16-13-21-17(14-20-16)19-11-10-15-8-6-5-7-9-15/h5-9,13-14H,3-4,10-12H2,1-2H3,(H,19,21). The smallest absolute Gasteiger partial charge is 0.273 e. The molecular formula is C18H24N4O. The molecular weight excluding hydrogens is 288 g/mol. The Bertz CT molecular complexity index is 598. The Morgan fingerprint density at radius 2 is 1.96 bits per heavy atom. The summed E-state index contributed by atoms with van der Waals surface area (Å²) in [5.74, 6) is 0.607. The van der Waals surface area contributed by atoms with Crippen molar-refractivity contribution in [3.63, 3.8) is 0 Å². The second kappa shape index (κ2) is 8.88. The van der Waals surface area contributed by atoms with Crippen molar-refractivity contribution in [2.75, 3.05) is 25.5 Å². The second-order valence-corrected chi connectivity index (χ2v) is 5.53. The van der Waals surface area contributed by atoms with E-state index >= 15 is 0 Å². The number of hydrogen-bond acceptors (Lipinski definition) is 4. The summed E-state index contributed by atoms with van der Waals surface area (Å²) < 4.78 is 0. The van der Waals surface area contributed by atoms with Gasteiger partial charge in [-0.25, -0.2) is 9.97 Å². The summed E-state index contributed by atoms with van der Waals surface area (Å²) >= 11 is 0. The van der Waals surface area contributed by atoms with E-state index in [1.165, 1.54) is 11.8 Å². The first-order valence-corrected chi connectivity index (χ1v) is 8.06.